The molecule has 2 fully saturated rings. The first-order chi connectivity index (χ1) is 16.5. The lowest BCUT2D eigenvalue weighted by Gasteiger charge is -2.50. The third-order valence-corrected chi connectivity index (χ3v) is 8.58. The Morgan fingerprint density at radius 1 is 1.03 bits per heavy atom. The summed E-state index contributed by atoms with van der Waals surface area (Å²) in [6.45, 7) is 4.60. The van der Waals surface area contributed by atoms with Crippen molar-refractivity contribution in [1.29, 1.82) is 0 Å². The number of hydrogen-bond donors (Lipinski definition) is 0. The molecule has 0 unspecified atom stereocenters. The normalized spacial score (nSPS) is 29.5. The second-order valence-corrected chi connectivity index (χ2v) is 10.5. The van der Waals surface area contributed by atoms with Crippen molar-refractivity contribution in [3.05, 3.63) is 59.2 Å². The molecule has 2 aromatic carbocycles. The molecule has 0 aliphatic heterocycles. The fraction of sp³-hybridized carbons (Fsp3) is 0.552. The van der Waals surface area contributed by atoms with Crippen LogP contribution in [0, 0.1) is 17.3 Å². The fourth-order valence-corrected chi connectivity index (χ4v) is 7.01. The highest BCUT2D eigenvalue weighted by atomic mass is 16.7. The Labute approximate surface area is 202 Å². The molecule has 0 aromatic heterocycles. The molecule has 3 aliphatic carbocycles. The number of fused-ring (bicyclic) bond motifs is 5. The number of carbonyl (C=O) groups is 1. The SMILES string of the molecule is COCOc1cc2c(cc1OCc1ccccc1)[C@H]1CC[C@]3(C)[C@@H](OC(C)=O)CC[C@H]3[C@@H]1CC2. The van der Waals surface area contributed by atoms with Gasteiger partial charge in [0.15, 0.2) is 18.3 Å². The second-order valence-electron chi connectivity index (χ2n) is 10.5. The molecule has 0 saturated heterocycles. The van der Waals surface area contributed by atoms with Crippen LogP contribution in [0.1, 0.15) is 68.6 Å². The molecule has 5 heteroatoms. The van der Waals surface area contributed by atoms with Crippen LogP contribution in [0.5, 0.6) is 11.5 Å². The van der Waals surface area contributed by atoms with Crippen LogP contribution in [0.15, 0.2) is 42.5 Å². The van der Waals surface area contributed by atoms with E-state index in [2.05, 4.69) is 31.2 Å². The predicted molar refractivity (Wildman–Crippen MR) is 130 cm³/mol. The van der Waals surface area contributed by atoms with E-state index in [0.29, 0.717) is 24.4 Å². The van der Waals surface area contributed by atoms with Gasteiger partial charge in [0.25, 0.3) is 0 Å². The third-order valence-electron chi connectivity index (χ3n) is 8.58. The van der Waals surface area contributed by atoms with Gasteiger partial charge in [-0.25, -0.2) is 0 Å². The molecular weight excluding hydrogens is 428 g/mol. The summed E-state index contributed by atoms with van der Waals surface area (Å²) in [6, 6.07) is 14.6. The topological polar surface area (TPSA) is 54.0 Å². The van der Waals surface area contributed by atoms with Crippen LogP contribution in [-0.4, -0.2) is 26.0 Å². The maximum atomic E-state index is 11.7. The van der Waals surface area contributed by atoms with Crippen molar-refractivity contribution in [3.63, 3.8) is 0 Å². The molecule has 2 aromatic rings. The van der Waals surface area contributed by atoms with Crippen molar-refractivity contribution in [1.82, 2.24) is 0 Å². The standard InChI is InChI=1S/C29H36O5/c1-19(30)34-28-12-11-25-23-10-9-21-15-26(33-18-31-3)27(32-17-20-7-5-4-6-8-20)16-24(21)22(23)13-14-29(25,28)2/h4-8,15-16,22-23,25,28H,9-14,17-18H2,1-3H3/t22-,23+,25-,28-,29-/m0/s1. The van der Waals surface area contributed by atoms with Crippen LogP contribution < -0.4 is 9.47 Å². The van der Waals surface area contributed by atoms with Gasteiger partial charge in [-0.2, -0.15) is 0 Å². The molecule has 5 rings (SSSR count). The van der Waals surface area contributed by atoms with Gasteiger partial charge in [-0.15, -0.1) is 0 Å². The van der Waals surface area contributed by atoms with E-state index in [1.165, 1.54) is 17.5 Å². The highest BCUT2D eigenvalue weighted by Gasteiger charge is 2.56. The first kappa shape index (κ1) is 23.2. The van der Waals surface area contributed by atoms with Gasteiger partial charge in [0, 0.05) is 19.4 Å². The summed E-state index contributed by atoms with van der Waals surface area (Å²) in [5, 5.41) is 0. The second kappa shape index (κ2) is 9.61. The Kier molecular flexibility index (Phi) is 6.57. The summed E-state index contributed by atoms with van der Waals surface area (Å²) in [6.07, 6.45) is 6.65. The molecule has 0 spiro atoms. The number of rotatable bonds is 7. The van der Waals surface area contributed by atoms with Gasteiger partial charge < -0.3 is 18.9 Å². The van der Waals surface area contributed by atoms with Gasteiger partial charge in [0.2, 0.25) is 0 Å². The van der Waals surface area contributed by atoms with Crippen molar-refractivity contribution >= 4 is 5.97 Å². The smallest absolute Gasteiger partial charge is 0.302 e. The molecule has 2 saturated carbocycles. The van der Waals surface area contributed by atoms with Crippen LogP contribution in [0.2, 0.25) is 0 Å². The van der Waals surface area contributed by atoms with Crippen LogP contribution in [-0.2, 0) is 27.3 Å². The van der Waals surface area contributed by atoms with Crippen LogP contribution >= 0.6 is 0 Å². The van der Waals surface area contributed by atoms with Gasteiger partial charge in [-0.1, -0.05) is 37.3 Å². The van der Waals surface area contributed by atoms with Crippen molar-refractivity contribution < 1.29 is 23.7 Å². The first-order valence-corrected chi connectivity index (χ1v) is 12.6. The zero-order chi connectivity index (χ0) is 23.7. The van der Waals surface area contributed by atoms with Crippen LogP contribution in [0.4, 0.5) is 0 Å². The Morgan fingerprint density at radius 3 is 2.59 bits per heavy atom. The van der Waals surface area contributed by atoms with Gasteiger partial charge in [0.1, 0.15) is 12.7 Å². The molecule has 5 nitrogen and oxygen atoms in total. The number of hydrogen-bond acceptors (Lipinski definition) is 5. The Bertz CT molecular complexity index is 1020. The molecule has 0 radical (unpaired) electrons. The van der Waals surface area contributed by atoms with E-state index in [4.69, 9.17) is 18.9 Å². The van der Waals surface area contributed by atoms with Gasteiger partial charge >= 0.3 is 5.97 Å². The first-order valence-electron chi connectivity index (χ1n) is 12.6. The number of ether oxygens (including phenoxy) is 4. The molecule has 5 atom stereocenters. The van der Waals surface area contributed by atoms with E-state index in [-0.39, 0.29) is 24.3 Å². The summed E-state index contributed by atoms with van der Waals surface area (Å²) >= 11 is 0. The minimum atomic E-state index is -0.146. The maximum absolute atomic E-state index is 11.7. The highest BCUT2D eigenvalue weighted by Crippen LogP contribution is 2.62. The van der Waals surface area contributed by atoms with Gasteiger partial charge in [-0.3, -0.25) is 4.79 Å². The molecule has 34 heavy (non-hydrogen) atoms. The minimum absolute atomic E-state index is 0.0620. The zero-order valence-electron chi connectivity index (χ0n) is 20.5. The van der Waals surface area contributed by atoms with E-state index in [1.54, 1.807) is 14.0 Å². The largest absolute Gasteiger partial charge is 0.485 e. The Balaban J connectivity index is 1.41. The third kappa shape index (κ3) is 4.31. The van der Waals surface area contributed by atoms with Gasteiger partial charge in [-0.05, 0) is 85.1 Å². The zero-order valence-corrected chi connectivity index (χ0v) is 20.5. The molecule has 182 valence electrons. The summed E-state index contributed by atoms with van der Waals surface area (Å²) in [5.41, 5.74) is 4.02. The maximum Gasteiger partial charge on any atom is 0.302 e. The van der Waals surface area contributed by atoms with Crippen molar-refractivity contribution in [2.24, 2.45) is 17.3 Å². The van der Waals surface area contributed by atoms with Crippen LogP contribution in [0.25, 0.3) is 0 Å². The lowest BCUT2D eigenvalue weighted by atomic mass is 9.55. The highest BCUT2D eigenvalue weighted by molar-refractivity contribution is 5.66. The summed E-state index contributed by atoms with van der Waals surface area (Å²) in [4.78, 5) is 11.7. The van der Waals surface area contributed by atoms with Crippen LogP contribution in [0.3, 0.4) is 0 Å². The van der Waals surface area contributed by atoms with Crippen molar-refractivity contribution in [3.8, 4) is 11.5 Å². The lowest BCUT2D eigenvalue weighted by Crippen LogP contribution is -2.45. The molecule has 0 N–H and O–H groups in total. The summed E-state index contributed by atoms with van der Waals surface area (Å²) in [7, 11) is 1.64. The lowest BCUT2D eigenvalue weighted by molar-refractivity contribution is -0.154. The van der Waals surface area contributed by atoms with E-state index < -0.39 is 0 Å². The van der Waals surface area contributed by atoms with Crippen molar-refractivity contribution in [2.45, 2.75) is 71.0 Å². The molecule has 0 heterocycles. The van der Waals surface area contributed by atoms with E-state index in [0.717, 1.165) is 49.2 Å². The number of methoxy groups -OCH3 is 1. The minimum Gasteiger partial charge on any atom is -0.485 e. The van der Waals surface area contributed by atoms with E-state index >= 15 is 0 Å². The average Bonchev–Trinajstić information content (AvgIpc) is 3.17. The molecule has 0 amide bonds. The van der Waals surface area contributed by atoms with E-state index in [1.807, 2.05) is 18.2 Å². The molecule has 0 bridgehead atoms. The number of esters is 1. The molecule has 3 aliphatic rings. The number of benzene rings is 2. The summed E-state index contributed by atoms with van der Waals surface area (Å²) < 4.78 is 23.2. The fourth-order valence-electron chi connectivity index (χ4n) is 7.01. The van der Waals surface area contributed by atoms with E-state index in [9.17, 15) is 4.79 Å². The monoisotopic (exact) mass is 464 g/mol. The predicted octanol–water partition coefficient (Wildman–Crippen LogP) is 6.04. The Morgan fingerprint density at radius 2 is 1.82 bits per heavy atom. The average molecular weight is 465 g/mol. The number of aryl methyl sites for hydroxylation is 1. The van der Waals surface area contributed by atoms with Crippen molar-refractivity contribution in [2.75, 3.05) is 13.9 Å². The summed E-state index contributed by atoms with van der Waals surface area (Å²) in [5.74, 6) is 3.14. The molecular formula is C29H36O5. The number of carbonyl (C=O) groups excluding carboxylic acids is 1. The Hall–Kier alpha value is -2.53. The quantitative estimate of drug-likeness (QED) is 0.370. The van der Waals surface area contributed by atoms with Gasteiger partial charge in [0.05, 0.1) is 0 Å².